The minimum Gasteiger partial charge on any atom is -0.255 e. The Hall–Kier alpha value is -3.11. The van der Waals surface area contributed by atoms with Gasteiger partial charge in [0, 0.05) is 31.9 Å². The summed E-state index contributed by atoms with van der Waals surface area (Å²) in [6.07, 6.45) is 1.77. The third kappa shape index (κ3) is 2.39. The topological polar surface area (TPSA) is 38.7 Å². The predicted molar refractivity (Wildman–Crippen MR) is 104 cm³/mol. The second-order valence-electron chi connectivity index (χ2n) is 5.80. The lowest BCUT2D eigenvalue weighted by molar-refractivity contribution is 1.04. The first kappa shape index (κ1) is 14.3. The Labute approximate surface area is 148 Å². The lowest BCUT2D eigenvalue weighted by Crippen LogP contribution is -1.92. The SMILES string of the molecule is c1ccc(-c2ccc(-c3cccc4c3sc3ccccc34)nn2)nc1. The third-order valence-corrected chi connectivity index (χ3v) is 5.49. The molecule has 0 aliphatic heterocycles. The second kappa shape index (κ2) is 5.76. The van der Waals surface area contributed by atoms with Crippen LogP contribution in [0.5, 0.6) is 0 Å². The summed E-state index contributed by atoms with van der Waals surface area (Å²) in [5.41, 5.74) is 3.63. The van der Waals surface area contributed by atoms with Crippen molar-refractivity contribution in [2.75, 3.05) is 0 Å². The first-order valence-corrected chi connectivity index (χ1v) is 8.87. The van der Waals surface area contributed by atoms with E-state index in [1.165, 1.54) is 20.2 Å². The van der Waals surface area contributed by atoms with E-state index in [9.17, 15) is 0 Å². The van der Waals surface area contributed by atoms with E-state index in [0.717, 1.165) is 22.6 Å². The smallest absolute Gasteiger partial charge is 0.111 e. The summed E-state index contributed by atoms with van der Waals surface area (Å²) in [7, 11) is 0. The van der Waals surface area contributed by atoms with Gasteiger partial charge in [-0.05, 0) is 30.3 Å². The van der Waals surface area contributed by atoms with Crippen LogP contribution in [0.1, 0.15) is 0 Å². The van der Waals surface area contributed by atoms with Crippen molar-refractivity contribution >= 4 is 31.5 Å². The minimum atomic E-state index is 0.785. The van der Waals surface area contributed by atoms with Crippen LogP contribution in [0.4, 0.5) is 0 Å². The predicted octanol–water partition coefficient (Wildman–Crippen LogP) is 5.57. The maximum absolute atomic E-state index is 4.46. The van der Waals surface area contributed by atoms with Crippen LogP contribution in [-0.4, -0.2) is 15.2 Å². The molecule has 0 unspecified atom stereocenters. The molecule has 118 valence electrons. The number of pyridine rings is 1. The van der Waals surface area contributed by atoms with E-state index in [4.69, 9.17) is 0 Å². The molecule has 0 N–H and O–H groups in total. The molecule has 0 atom stereocenters. The van der Waals surface area contributed by atoms with Gasteiger partial charge in [0.1, 0.15) is 5.69 Å². The Morgan fingerprint density at radius 2 is 1.40 bits per heavy atom. The fourth-order valence-corrected chi connectivity index (χ4v) is 4.30. The summed E-state index contributed by atoms with van der Waals surface area (Å²) >= 11 is 1.80. The molecular weight excluding hydrogens is 326 g/mol. The van der Waals surface area contributed by atoms with Gasteiger partial charge < -0.3 is 0 Å². The minimum absolute atomic E-state index is 0.785. The van der Waals surface area contributed by atoms with Crippen LogP contribution in [0.15, 0.2) is 79.0 Å². The van der Waals surface area contributed by atoms with Crippen molar-refractivity contribution in [1.29, 1.82) is 0 Å². The number of thiophene rings is 1. The fourth-order valence-electron chi connectivity index (χ4n) is 3.08. The molecule has 0 saturated carbocycles. The number of nitrogens with zero attached hydrogens (tertiary/aromatic N) is 3. The highest BCUT2D eigenvalue weighted by Gasteiger charge is 2.11. The van der Waals surface area contributed by atoms with Gasteiger partial charge in [0.05, 0.1) is 11.4 Å². The number of rotatable bonds is 2. The average molecular weight is 339 g/mol. The summed E-state index contributed by atoms with van der Waals surface area (Å²) < 4.78 is 2.55. The van der Waals surface area contributed by atoms with Gasteiger partial charge in [-0.25, -0.2) is 0 Å². The molecule has 0 fully saturated rings. The summed E-state index contributed by atoms with van der Waals surface area (Å²) in [6.45, 7) is 0. The van der Waals surface area contributed by atoms with Gasteiger partial charge in [-0.3, -0.25) is 4.98 Å². The van der Waals surface area contributed by atoms with Crippen molar-refractivity contribution in [3.05, 3.63) is 79.0 Å². The molecule has 0 aliphatic rings. The number of aromatic nitrogens is 3. The summed E-state index contributed by atoms with van der Waals surface area (Å²) in [6, 6.07) is 24.7. The van der Waals surface area contributed by atoms with Gasteiger partial charge in [-0.15, -0.1) is 21.5 Å². The zero-order chi connectivity index (χ0) is 16.6. The van der Waals surface area contributed by atoms with Crippen LogP contribution in [0.3, 0.4) is 0 Å². The molecule has 3 aromatic heterocycles. The van der Waals surface area contributed by atoms with Crippen molar-refractivity contribution in [1.82, 2.24) is 15.2 Å². The highest BCUT2D eigenvalue weighted by Crippen LogP contribution is 2.39. The standard InChI is InChI=1S/C21H13N3S/c1-2-10-20-14(6-1)15-7-5-8-16(21(15)25-20)17-11-12-19(24-23-17)18-9-3-4-13-22-18/h1-13H. The van der Waals surface area contributed by atoms with Gasteiger partial charge >= 0.3 is 0 Å². The number of benzene rings is 2. The lowest BCUT2D eigenvalue weighted by atomic mass is 10.1. The zero-order valence-corrected chi connectivity index (χ0v) is 14.1. The Balaban J connectivity index is 1.66. The van der Waals surface area contributed by atoms with Gasteiger partial charge in [0.2, 0.25) is 0 Å². The third-order valence-electron chi connectivity index (χ3n) is 4.27. The molecule has 25 heavy (non-hydrogen) atoms. The molecule has 4 heteroatoms. The molecule has 0 amide bonds. The van der Waals surface area contributed by atoms with Crippen LogP contribution in [0, 0.1) is 0 Å². The van der Waals surface area contributed by atoms with E-state index in [0.29, 0.717) is 0 Å². The van der Waals surface area contributed by atoms with Crippen LogP contribution in [0.25, 0.3) is 42.8 Å². The van der Waals surface area contributed by atoms with Gasteiger partial charge in [0.25, 0.3) is 0 Å². The Morgan fingerprint density at radius 1 is 0.600 bits per heavy atom. The monoisotopic (exact) mass is 339 g/mol. The molecule has 5 rings (SSSR count). The Kier molecular flexibility index (Phi) is 3.28. The molecule has 5 aromatic rings. The van der Waals surface area contributed by atoms with Crippen LogP contribution in [0.2, 0.25) is 0 Å². The van der Waals surface area contributed by atoms with Crippen molar-refractivity contribution in [2.45, 2.75) is 0 Å². The van der Waals surface area contributed by atoms with Crippen molar-refractivity contribution in [2.24, 2.45) is 0 Å². The second-order valence-corrected chi connectivity index (χ2v) is 6.85. The lowest BCUT2D eigenvalue weighted by Gasteiger charge is -2.03. The van der Waals surface area contributed by atoms with Crippen molar-refractivity contribution in [3.63, 3.8) is 0 Å². The maximum Gasteiger partial charge on any atom is 0.111 e. The van der Waals surface area contributed by atoms with E-state index >= 15 is 0 Å². The van der Waals surface area contributed by atoms with Gasteiger partial charge in [-0.1, -0.05) is 42.5 Å². The van der Waals surface area contributed by atoms with E-state index < -0.39 is 0 Å². The summed E-state index contributed by atoms with van der Waals surface area (Å²) in [5.74, 6) is 0. The van der Waals surface area contributed by atoms with Gasteiger partial charge in [-0.2, -0.15) is 0 Å². The normalized spacial score (nSPS) is 11.2. The zero-order valence-electron chi connectivity index (χ0n) is 13.3. The molecule has 3 nitrogen and oxygen atoms in total. The molecule has 0 saturated heterocycles. The maximum atomic E-state index is 4.46. The molecular formula is C21H13N3S. The highest BCUT2D eigenvalue weighted by atomic mass is 32.1. The molecule has 0 aliphatic carbocycles. The van der Waals surface area contributed by atoms with Crippen molar-refractivity contribution < 1.29 is 0 Å². The molecule has 3 heterocycles. The highest BCUT2D eigenvalue weighted by molar-refractivity contribution is 7.26. The van der Waals surface area contributed by atoms with E-state index in [2.05, 4.69) is 57.6 Å². The molecule has 0 bridgehead atoms. The van der Waals surface area contributed by atoms with E-state index in [1.54, 1.807) is 17.5 Å². The van der Waals surface area contributed by atoms with Crippen LogP contribution >= 0.6 is 11.3 Å². The number of fused-ring (bicyclic) bond motifs is 3. The quantitative estimate of drug-likeness (QED) is 0.422. The van der Waals surface area contributed by atoms with Crippen LogP contribution in [-0.2, 0) is 0 Å². The largest absolute Gasteiger partial charge is 0.255 e. The number of hydrogen-bond donors (Lipinski definition) is 0. The average Bonchev–Trinajstić information content (AvgIpc) is 3.08. The van der Waals surface area contributed by atoms with E-state index in [1.807, 2.05) is 30.3 Å². The molecule has 0 spiro atoms. The molecule has 0 radical (unpaired) electrons. The Bertz CT molecular complexity index is 1180. The Morgan fingerprint density at radius 3 is 2.24 bits per heavy atom. The first-order chi connectivity index (χ1) is 12.4. The van der Waals surface area contributed by atoms with E-state index in [-0.39, 0.29) is 0 Å². The van der Waals surface area contributed by atoms with Crippen molar-refractivity contribution in [3.8, 4) is 22.6 Å². The molecule has 2 aromatic carbocycles. The van der Waals surface area contributed by atoms with Crippen LogP contribution < -0.4 is 0 Å². The van der Waals surface area contributed by atoms with Gasteiger partial charge in [0.15, 0.2) is 0 Å². The fraction of sp³-hybridized carbons (Fsp3) is 0. The number of hydrogen-bond acceptors (Lipinski definition) is 4. The first-order valence-electron chi connectivity index (χ1n) is 8.06. The summed E-state index contributed by atoms with van der Waals surface area (Å²) in [4.78, 5) is 4.33. The summed E-state index contributed by atoms with van der Waals surface area (Å²) in [5, 5.41) is 11.4.